The molecule has 1 fully saturated rings. The molecule has 90 valence electrons. The first-order chi connectivity index (χ1) is 8.33. The smallest absolute Gasteiger partial charge is 0.295 e. The van der Waals surface area contributed by atoms with Crippen LogP contribution in [0.3, 0.4) is 0 Å². The summed E-state index contributed by atoms with van der Waals surface area (Å²) in [6.07, 6.45) is 3.58. The average Bonchev–Trinajstić information content (AvgIpc) is 2.92. The second-order valence-electron chi connectivity index (χ2n) is 4.72. The number of benzene rings is 1. The Balaban J connectivity index is 1.68. The number of hydrogen-bond donors (Lipinski definition) is 2. The van der Waals surface area contributed by atoms with Crippen molar-refractivity contribution in [1.29, 1.82) is 0 Å². The van der Waals surface area contributed by atoms with E-state index >= 15 is 0 Å². The maximum absolute atomic E-state index is 6.03. The first kappa shape index (κ1) is 10.6. The van der Waals surface area contributed by atoms with Crippen LogP contribution >= 0.6 is 0 Å². The third kappa shape index (κ3) is 2.13. The molecule has 2 aromatic rings. The predicted octanol–water partition coefficient (Wildman–Crippen LogP) is 2.37. The number of nitrogens with zero attached hydrogens (tertiary/aromatic N) is 1. The number of aromatic nitrogens is 1. The van der Waals surface area contributed by atoms with Gasteiger partial charge in [-0.05, 0) is 30.9 Å². The minimum atomic E-state index is 0.326. The number of oxazole rings is 1. The van der Waals surface area contributed by atoms with Crippen molar-refractivity contribution in [2.75, 3.05) is 11.9 Å². The molecule has 17 heavy (non-hydrogen) atoms. The minimum absolute atomic E-state index is 0.326. The summed E-state index contributed by atoms with van der Waals surface area (Å²) >= 11 is 0. The predicted molar refractivity (Wildman–Crippen MR) is 67.8 cm³/mol. The Morgan fingerprint density at radius 2 is 2.24 bits per heavy atom. The van der Waals surface area contributed by atoms with Crippen LogP contribution in [0.4, 0.5) is 6.01 Å². The number of fused-ring (bicyclic) bond motifs is 1. The second kappa shape index (κ2) is 4.37. The van der Waals surface area contributed by atoms with E-state index in [1.54, 1.807) is 0 Å². The van der Waals surface area contributed by atoms with E-state index in [1.165, 1.54) is 12.8 Å². The summed E-state index contributed by atoms with van der Waals surface area (Å²) in [4.78, 5) is 4.38. The molecular weight excluding hydrogens is 214 g/mol. The summed E-state index contributed by atoms with van der Waals surface area (Å²) in [6.45, 7) is 0.855. The van der Waals surface area contributed by atoms with Gasteiger partial charge in [0.05, 0.1) is 0 Å². The van der Waals surface area contributed by atoms with Crippen LogP contribution in [0, 0.1) is 5.92 Å². The highest BCUT2D eigenvalue weighted by molar-refractivity contribution is 5.74. The molecule has 1 aromatic heterocycles. The molecule has 4 nitrogen and oxygen atoms in total. The molecule has 0 aliphatic heterocycles. The first-order valence-electron chi connectivity index (χ1n) is 6.18. The molecule has 1 aromatic carbocycles. The van der Waals surface area contributed by atoms with E-state index in [9.17, 15) is 0 Å². The van der Waals surface area contributed by atoms with Crippen molar-refractivity contribution >= 4 is 17.1 Å². The van der Waals surface area contributed by atoms with Crippen LogP contribution in [0.25, 0.3) is 11.1 Å². The molecule has 1 heterocycles. The number of anilines is 1. The van der Waals surface area contributed by atoms with E-state index in [1.807, 2.05) is 24.3 Å². The molecule has 2 atom stereocenters. The quantitative estimate of drug-likeness (QED) is 0.851. The molecule has 1 aliphatic carbocycles. The Kier molecular flexibility index (Phi) is 2.73. The Morgan fingerprint density at radius 1 is 1.35 bits per heavy atom. The van der Waals surface area contributed by atoms with Crippen LogP contribution in [0.5, 0.6) is 0 Å². The summed E-state index contributed by atoms with van der Waals surface area (Å²) in [6, 6.07) is 8.71. The van der Waals surface area contributed by atoms with Gasteiger partial charge in [0, 0.05) is 12.6 Å². The molecule has 1 aliphatic rings. The van der Waals surface area contributed by atoms with E-state index in [4.69, 9.17) is 10.2 Å². The highest BCUT2D eigenvalue weighted by Crippen LogP contribution is 2.25. The van der Waals surface area contributed by atoms with E-state index in [0.29, 0.717) is 18.0 Å². The van der Waals surface area contributed by atoms with Crippen molar-refractivity contribution in [3.05, 3.63) is 24.3 Å². The third-order valence-corrected chi connectivity index (χ3v) is 3.53. The van der Waals surface area contributed by atoms with E-state index in [-0.39, 0.29) is 0 Å². The van der Waals surface area contributed by atoms with Crippen molar-refractivity contribution < 1.29 is 4.42 Å². The highest BCUT2D eigenvalue weighted by Gasteiger charge is 2.23. The van der Waals surface area contributed by atoms with Crippen LogP contribution in [0.1, 0.15) is 19.3 Å². The van der Waals surface area contributed by atoms with Gasteiger partial charge in [-0.2, -0.15) is 4.98 Å². The molecule has 4 heteroatoms. The van der Waals surface area contributed by atoms with Crippen molar-refractivity contribution in [1.82, 2.24) is 4.98 Å². The average molecular weight is 231 g/mol. The fourth-order valence-corrected chi connectivity index (χ4v) is 2.49. The van der Waals surface area contributed by atoms with E-state index in [0.717, 1.165) is 24.1 Å². The Labute approximate surface area is 100 Å². The molecule has 1 saturated carbocycles. The molecular formula is C13H17N3O. The van der Waals surface area contributed by atoms with Gasteiger partial charge in [-0.25, -0.2) is 0 Å². The zero-order chi connectivity index (χ0) is 11.7. The first-order valence-corrected chi connectivity index (χ1v) is 6.18. The molecule has 0 saturated heterocycles. The second-order valence-corrected chi connectivity index (χ2v) is 4.72. The van der Waals surface area contributed by atoms with E-state index in [2.05, 4.69) is 10.3 Å². The van der Waals surface area contributed by atoms with Gasteiger partial charge >= 0.3 is 0 Å². The van der Waals surface area contributed by atoms with Gasteiger partial charge in [-0.3, -0.25) is 0 Å². The fourth-order valence-electron chi connectivity index (χ4n) is 2.49. The Morgan fingerprint density at radius 3 is 3.00 bits per heavy atom. The SMILES string of the molecule is NC1CCCC1CNc1nc2ccccc2o1. The lowest BCUT2D eigenvalue weighted by atomic mass is 10.1. The van der Waals surface area contributed by atoms with Crippen molar-refractivity contribution in [2.45, 2.75) is 25.3 Å². The molecule has 3 N–H and O–H groups in total. The largest absolute Gasteiger partial charge is 0.424 e. The van der Waals surface area contributed by atoms with Gasteiger partial charge in [-0.1, -0.05) is 18.6 Å². The molecule has 0 amide bonds. The van der Waals surface area contributed by atoms with Crippen LogP contribution in [-0.2, 0) is 0 Å². The lowest BCUT2D eigenvalue weighted by Gasteiger charge is -2.14. The molecule has 0 bridgehead atoms. The number of nitrogens with two attached hydrogens (primary N) is 1. The summed E-state index contributed by atoms with van der Waals surface area (Å²) < 4.78 is 5.60. The van der Waals surface area contributed by atoms with Gasteiger partial charge in [-0.15, -0.1) is 0 Å². The molecule has 0 radical (unpaired) electrons. The Hall–Kier alpha value is -1.55. The lowest BCUT2D eigenvalue weighted by Crippen LogP contribution is -2.29. The van der Waals surface area contributed by atoms with E-state index < -0.39 is 0 Å². The minimum Gasteiger partial charge on any atom is -0.424 e. The molecule has 0 spiro atoms. The topological polar surface area (TPSA) is 64.1 Å². The summed E-state index contributed by atoms with van der Waals surface area (Å²) in [5.74, 6) is 0.546. The van der Waals surface area contributed by atoms with Crippen LogP contribution in [0.15, 0.2) is 28.7 Å². The van der Waals surface area contributed by atoms with Crippen LogP contribution in [-0.4, -0.2) is 17.6 Å². The van der Waals surface area contributed by atoms with Crippen molar-refractivity contribution in [2.24, 2.45) is 11.7 Å². The third-order valence-electron chi connectivity index (χ3n) is 3.53. The number of nitrogens with one attached hydrogen (secondary N) is 1. The number of rotatable bonds is 3. The summed E-state index contributed by atoms with van der Waals surface area (Å²) in [5, 5.41) is 3.25. The van der Waals surface area contributed by atoms with Crippen LogP contribution < -0.4 is 11.1 Å². The standard InChI is InChI=1S/C13H17N3O/c14-10-5-3-4-9(10)8-15-13-16-11-6-1-2-7-12(11)17-13/h1-2,6-7,9-10H,3-5,8,14H2,(H,15,16). The maximum Gasteiger partial charge on any atom is 0.295 e. The maximum atomic E-state index is 6.03. The molecule has 2 unspecified atom stereocenters. The van der Waals surface area contributed by atoms with Crippen molar-refractivity contribution in [3.8, 4) is 0 Å². The molecule has 3 rings (SSSR count). The zero-order valence-corrected chi connectivity index (χ0v) is 9.73. The van der Waals surface area contributed by atoms with Gasteiger partial charge in [0.1, 0.15) is 5.52 Å². The summed E-state index contributed by atoms with van der Waals surface area (Å²) in [5.41, 5.74) is 7.75. The van der Waals surface area contributed by atoms with Crippen LogP contribution in [0.2, 0.25) is 0 Å². The van der Waals surface area contributed by atoms with Gasteiger partial charge < -0.3 is 15.5 Å². The van der Waals surface area contributed by atoms with Gasteiger partial charge in [0.15, 0.2) is 5.58 Å². The highest BCUT2D eigenvalue weighted by atomic mass is 16.4. The van der Waals surface area contributed by atoms with Gasteiger partial charge in [0.2, 0.25) is 0 Å². The lowest BCUT2D eigenvalue weighted by molar-refractivity contribution is 0.495. The monoisotopic (exact) mass is 231 g/mol. The normalized spacial score (nSPS) is 24.3. The number of para-hydroxylation sites is 2. The van der Waals surface area contributed by atoms with Gasteiger partial charge in [0.25, 0.3) is 6.01 Å². The fraction of sp³-hybridized carbons (Fsp3) is 0.462. The zero-order valence-electron chi connectivity index (χ0n) is 9.73. The number of hydrogen-bond acceptors (Lipinski definition) is 4. The Bertz CT molecular complexity index is 475. The van der Waals surface area contributed by atoms with Crippen molar-refractivity contribution in [3.63, 3.8) is 0 Å². The summed E-state index contributed by atoms with van der Waals surface area (Å²) in [7, 11) is 0.